The van der Waals surface area contributed by atoms with Gasteiger partial charge in [-0.15, -0.1) is 11.3 Å². The number of thiophene rings is 1. The molecule has 0 spiro atoms. The number of fused-ring (bicyclic) bond motifs is 3. The van der Waals surface area contributed by atoms with Gasteiger partial charge in [0.1, 0.15) is 10.6 Å². The minimum Gasteiger partial charge on any atom is -0.331 e. The minimum atomic E-state index is -0.302. The Bertz CT molecular complexity index is 1070. The molecule has 1 aliphatic heterocycles. The van der Waals surface area contributed by atoms with E-state index < -0.39 is 0 Å². The first-order chi connectivity index (χ1) is 12.9. The van der Waals surface area contributed by atoms with E-state index in [9.17, 15) is 14.0 Å². The SMILES string of the molecule is CN(C)C(=O)N1CCc2c(sc3ncn(Cc4ccc(F)cc4)c(=O)c23)C1. The van der Waals surface area contributed by atoms with E-state index in [0.29, 0.717) is 36.3 Å². The third kappa shape index (κ3) is 3.21. The Labute approximate surface area is 159 Å². The van der Waals surface area contributed by atoms with Crippen molar-refractivity contribution in [2.45, 2.75) is 19.5 Å². The molecule has 1 aliphatic rings. The van der Waals surface area contributed by atoms with E-state index in [2.05, 4.69) is 4.98 Å². The monoisotopic (exact) mass is 386 g/mol. The number of hydrogen-bond donors (Lipinski definition) is 0. The summed E-state index contributed by atoms with van der Waals surface area (Å²) in [6.45, 7) is 1.44. The van der Waals surface area contributed by atoms with Gasteiger partial charge < -0.3 is 9.80 Å². The van der Waals surface area contributed by atoms with Crippen molar-refractivity contribution in [1.29, 1.82) is 0 Å². The maximum Gasteiger partial charge on any atom is 0.319 e. The number of urea groups is 1. The van der Waals surface area contributed by atoms with Gasteiger partial charge in [0.2, 0.25) is 0 Å². The molecule has 0 fully saturated rings. The van der Waals surface area contributed by atoms with Crippen LogP contribution >= 0.6 is 11.3 Å². The molecule has 3 aromatic rings. The van der Waals surface area contributed by atoms with Gasteiger partial charge in [-0.25, -0.2) is 14.2 Å². The zero-order valence-corrected chi connectivity index (χ0v) is 15.9. The smallest absolute Gasteiger partial charge is 0.319 e. The van der Waals surface area contributed by atoms with Gasteiger partial charge in [-0.3, -0.25) is 9.36 Å². The minimum absolute atomic E-state index is 0.0280. The quantitative estimate of drug-likeness (QED) is 0.680. The average Bonchev–Trinajstić information content (AvgIpc) is 3.03. The van der Waals surface area contributed by atoms with Crippen LogP contribution in [-0.4, -0.2) is 46.0 Å². The Morgan fingerprint density at radius 1 is 1.30 bits per heavy atom. The van der Waals surface area contributed by atoms with Crippen LogP contribution in [0.15, 0.2) is 35.4 Å². The van der Waals surface area contributed by atoms with Gasteiger partial charge in [0.25, 0.3) is 5.56 Å². The highest BCUT2D eigenvalue weighted by atomic mass is 32.1. The number of halogens is 1. The number of benzene rings is 1. The highest BCUT2D eigenvalue weighted by molar-refractivity contribution is 7.18. The van der Waals surface area contributed by atoms with E-state index in [-0.39, 0.29) is 17.4 Å². The van der Waals surface area contributed by atoms with Gasteiger partial charge in [-0.2, -0.15) is 0 Å². The molecule has 0 unspecified atom stereocenters. The molecular weight excluding hydrogens is 367 g/mol. The van der Waals surface area contributed by atoms with Crippen LogP contribution in [0.4, 0.5) is 9.18 Å². The van der Waals surface area contributed by atoms with Crippen LogP contribution in [0.2, 0.25) is 0 Å². The number of carbonyl (C=O) groups excluding carboxylic acids is 1. The van der Waals surface area contributed by atoms with Crippen LogP contribution in [0.5, 0.6) is 0 Å². The van der Waals surface area contributed by atoms with Crippen LogP contribution < -0.4 is 5.56 Å². The van der Waals surface area contributed by atoms with Crippen molar-refractivity contribution in [3.63, 3.8) is 0 Å². The van der Waals surface area contributed by atoms with Gasteiger partial charge in [0.05, 0.1) is 24.8 Å². The molecule has 2 amide bonds. The molecule has 140 valence electrons. The zero-order valence-electron chi connectivity index (χ0n) is 15.1. The van der Waals surface area contributed by atoms with Crippen molar-refractivity contribution in [3.8, 4) is 0 Å². The highest BCUT2D eigenvalue weighted by Crippen LogP contribution is 2.32. The van der Waals surface area contributed by atoms with Gasteiger partial charge in [-0.1, -0.05) is 12.1 Å². The number of rotatable bonds is 2. The Balaban J connectivity index is 1.69. The third-order valence-electron chi connectivity index (χ3n) is 4.75. The van der Waals surface area contributed by atoms with Gasteiger partial charge in [0.15, 0.2) is 0 Å². The molecule has 0 N–H and O–H groups in total. The van der Waals surface area contributed by atoms with E-state index in [4.69, 9.17) is 0 Å². The second-order valence-corrected chi connectivity index (χ2v) is 7.92. The lowest BCUT2D eigenvalue weighted by atomic mass is 10.1. The second-order valence-electron chi connectivity index (χ2n) is 6.84. The summed E-state index contributed by atoms with van der Waals surface area (Å²) in [4.78, 5) is 34.8. The van der Waals surface area contributed by atoms with Crippen molar-refractivity contribution >= 4 is 27.6 Å². The first-order valence-electron chi connectivity index (χ1n) is 8.64. The number of nitrogens with zero attached hydrogens (tertiary/aromatic N) is 4. The van der Waals surface area contributed by atoms with Crippen molar-refractivity contribution in [2.24, 2.45) is 0 Å². The summed E-state index contributed by atoms with van der Waals surface area (Å²) in [6.07, 6.45) is 2.19. The van der Waals surface area contributed by atoms with Crippen LogP contribution in [0.3, 0.4) is 0 Å². The summed E-state index contributed by atoms with van der Waals surface area (Å²) in [5, 5.41) is 0.650. The summed E-state index contributed by atoms with van der Waals surface area (Å²) >= 11 is 1.48. The summed E-state index contributed by atoms with van der Waals surface area (Å²) in [5.41, 5.74) is 1.75. The molecule has 3 heterocycles. The topological polar surface area (TPSA) is 58.4 Å². The molecule has 0 aliphatic carbocycles. The van der Waals surface area contributed by atoms with E-state index in [1.165, 1.54) is 23.5 Å². The molecule has 2 aromatic heterocycles. The van der Waals surface area contributed by atoms with E-state index in [0.717, 1.165) is 16.0 Å². The maximum absolute atomic E-state index is 13.1. The Morgan fingerprint density at radius 3 is 2.74 bits per heavy atom. The average molecular weight is 386 g/mol. The van der Waals surface area contributed by atoms with Crippen LogP contribution in [0, 0.1) is 5.82 Å². The highest BCUT2D eigenvalue weighted by Gasteiger charge is 2.27. The number of hydrogen-bond acceptors (Lipinski definition) is 4. The maximum atomic E-state index is 13.1. The van der Waals surface area contributed by atoms with Gasteiger partial charge in [0, 0.05) is 25.5 Å². The first kappa shape index (κ1) is 17.7. The second kappa shape index (κ2) is 6.77. The van der Waals surface area contributed by atoms with Crippen LogP contribution in [0.1, 0.15) is 16.0 Å². The number of amides is 2. The Morgan fingerprint density at radius 2 is 2.04 bits per heavy atom. The van der Waals surface area contributed by atoms with Crippen molar-refractivity contribution < 1.29 is 9.18 Å². The predicted octanol–water partition coefficient (Wildman–Crippen LogP) is 2.69. The van der Waals surface area contributed by atoms with Gasteiger partial charge in [-0.05, 0) is 29.7 Å². The molecule has 0 saturated heterocycles. The molecule has 6 nitrogen and oxygen atoms in total. The molecule has 1 aromatic carbocycles. The fraction of sp³-hybridized carbons (Fsp3) is 0.316. The summed E-state index contributed by atoms with van der Waals surface area (Å²) in [7, 11) is 3.47. The molecular formula is C19H19FN4O2S. The van der Waals surface area contributed by atoms with Crippen molar-refractivity contribution in [3.05, 3.63) is 62.8 Å². The predicted molar refractivity (Wildman–Crippen MR) is 103 cm³/mol. The third-order valence-corrected chi connectivity index (χ3v) is 5.87. The first-order valence-corrected chi connectivity index (χ1v) is 9.46. The van der Waals surface area contributed by atoms with Crippen LogP contribution in [-0.2, 0) is 19.5 Å². The lowest BCUT2D eigenvalue weighted by Crippen LogP contribution is -2.41. The zero-order chi connectivity index (χ0) is 19.1. The molecule has 27 heavy (non-hydrogen) atoms. The Kier molecular flexibility index (Phi) is 4.43. The molecule has 8 heteroatoms. The standard InChI is InChI=1S/C19H19FN4O2S/c1-22(2)19(26)23-8-7-14-15(10-23)27-17-16(14)18(25)24(11-21-17)9-12-3-5-13(20)6-4-12/h3-6,11H,7-10H2,1-2H3. The molecule has 4 rings (SSSR count). The van der Waals surface area contributed by atoms with E-state index in [1.54, 1.807) is 46.9 Å². The molecule has 0 atom stereocenters. The molecule has 0 bridgehead atoms. The summed E-state index contributed by atoms with van der Waals surface area (Å²) in [6, 6.07) is 6.07. The largest absolute Gasteiger partial charge is 0.331 e. The van der Waals surface area contributed by atoms with Crippen molar-refractivity contribution in [2.75, 3.05) is 20.6 Å². The fourth-order valence-electron chi connectivity index (χ4n) is 3.36. The van der Waals surface area contributed by atoms with Crippen molar-refractivity contribution in [1.82, 2.24) is 19.4 Å². The van der Waals surface area contributed by atoms with Crippen LogP contribution in [0.25, 0.3) is 10.2 Å². The summed E-state index contributed by atoms with van der Waals surface area (Å²) in [5.74, 6) is -0.302. The number of aromatic nitrogens is 2. The normalized spacial score (nSPS) is 13.7. The lowest BCUT2D eigenvalue weighted by Gasteiger charge is -2.29. The molecule has 0 saturated carbocycles. The lowest BCUT2D eigenvalue weighted by molar-refractivity contribution is 0.166. The van der Waals surface area contributed by atoms with E-state index in [1.807, 2.05) is 0 Å². The fourth-order valence-corrected chi connectivity index (χ4v) is 4.56. The Hall–Kier alpha value is -2.74. The number of carbonyl (C=O) groups is 1. The molecule has 0 radical (unpaired) electrons. The van der Waals surface area contributed by atoms with E-state index >= 15 is 0 Å². The summed E-state index contributed by atoms with van der Waals surface area (Å²) < 4.78 is 14.6. The van der Waals surface area contributed by atoms with Gasteiger partial charge >= 0.3 is 6.03 Å².